The van der Waals surface area contributed by atoms with E-state index in [4.69, 9.17) is 0 Å². The second-order valence-corrected chi connectivity index (χ2v) is 8.69. The van der Waals surface area contributed by atoms with Crippen molar-refractivity contribution >= 4 is 15.9 Å². The maximum absolute atomic E-state index is 12.1. The van der Waals surface area contributed by atoms with Gasteiger partial charge in [-0.05, 0) is 48.7 Å². The third kappa shape index (κ3) is 3.69. The monoisotopic (exact) mass is 358 g/mol. The van der Waals surface area contributed by atoms with Gasteiger partial charge in [0.15, 0.2) is 9.84 Å². The van der Waals surface area contributed by atoms with Crippen molar-refractivity contribution in [2.24, 2.45) is 0 Å². The highest BCUT2D eigenvalue weighted by atomic mass is 32.2. The number of rotatable bonds is 4. The van der Waals surface area contributed by atoms with Gasteiger partial charge in [0, 0.05) is 18.8 Å². The van der Waals surface area contributed by atoms with Crippen molar-refractivity contribution in [3.63, 3.8) is 0 Å². The Kier molecular flexibility index (Phi) is 4.56. The first-order chi connectivity index (χ1) is 11.8. The van der Waals surface area contributed by atoms with E-state index < -0.39 is 9.84 Å². The van der Waals surface area contributed by atoms with Crippen molar-refractivity contribution in [3.05, 3.63) is 54.1 Å². The summed E-state index contributed by atoms with van der Waals surface area (Å²) in [5, 5.41) is 3.01. The molecule has 132 valence electrons. The number of urea groups is 1. The Morgan fingerprint density at radius 1 is 1.08 bits per heavy atom. The maximum Gasteiger partial charge on any atom is 0.318 e. The van der Waals surface area contributed by atoms with E-state index in [2.05, 4.69) is 5.32 Å². The van der Waals surface area contributed by atoms with Crippen LogP contribution in [0.5, 0.6) is 0 Å². The van der Waals surface area contributed by atoms with Gasteiger partial charge in [0.25, 0.3) is 0 Å². The summed E-state index contributed by atoms with van der Waals surface area (Å²) in [4.78, 5) is 14.2. The standard InChI is InChI=1S/C19H22N2O3S/c1-13(2)21-12-18(20-19(21)22)16-8-4-6-14(10-16)15-7-5-9-17(11-15)25(3,23)24/h4-11,13,18H,12H2,1-3H3,(H,20,22). The summed E-state index contributed by atoms with van der Waals surface area (Å²) in [6.45, 7) is 4.62. The molecule has 0 radical (unpaired) electrons. The zero-order valence-corrected chi connectivity index (χ0v) is 15.4. The van der Waals surface area contributed by atoms with Crippen LogP contribution in [0.3, 0.4) is 0 Å². The van der Waals surface area contributed by atoms with Crippen molar-refractivity contribution in [3.8, 4) is 11.1 Å². The highest BCUT2D eigenvalue weighted by Gasteiger charge is 2.31. The van der Waals surface area contributed by atoms with Crippen LogP contribution in [0.25, 0.3) is 11.1 Å². The number of amides is 2. The first kappa shape index (κ1) is 17.5. The Labute approximate surface area is 148 Å². The minimum Gasteiger partial charge on any atom is -0.329 e. The predicted octanol–water partition coefficient (Wildman–Crippen LogP) is 3.23. The van der Waals surface area contributed by atoms with Gasteiger partial charge in [-0.15, -0.1) is 0 Å². The van der Waals surface area contributed by atoms with E-state index in [1.165, 1.54) is 6.26 Å². The molecule has 25 heavy (non-hydrogen) atoms. The van der Waals surface area contributed by atoms with Gasteiger partial charge in [0.2, 0.25) is 0 Å². The minimum absolute atomic E-state index is 0.0514. The van der Waals surface area contributed by atoms with Crippen molar-refractivity contribution < 1.29 is 13.2 Å². The molecule has 1 heterocycles. The van der Waals surface area contributed by atoms with Crippen LogP contribution in [0.1, 0.15) is 25.5 Å². The Morgan fingerprint density at radius 3 is 2.32 bits per heavy atom. The van der Waals surface area contributed by atoms with Crippen LogP contribution >= 0.6 is 0 Å². The number of nitrogens with one attached hydrogen (secondary N) is 1. The number of hydrogen-bond donors (Lipinski definition) is 1. The summed E-state index contributed by atoms with van der Waals surface area (Å²) in [5.41, 5.74) is 2.79. The normalized spacial score (nSPS) is 17.8. The van der Waals surface area contributed by atoms with Gasteiger partial charge >= 0.3 is 6.03 Å². The summed E-state index contributed by atoms with van der Waals surface area (Å²) in [7, 11) is -3.25. The van der Waals surface area contributed by atoms with Crippen LogP contribution in [-0.4, -0.2) is 38.2 Å². The Hall–Kier alpha value is -2.34. The second-order valence-electron chi connectivity index (χ2n) is 6.67. The second kappa shape index (κ2) is 6.52. The van der Waals surface area contributed by atoms with Crippen LogP contribution in [0.2, 0.25) is 0 Å². The Balaban J connectivity index is 1.92. The molecule has 6 heteroatoms. The Bertz CT molecular complexity index is 906. The quantitative estimate of drug-likeness (QED) is 0.912. The molecule has 2 aromatic rings. The molecule has 0 saturated carbocycles. The third-order valence-electron chi connectivity index (χ3n) is 4.45. The number of carbonyl (C=O) groups is 1. The summed E-state index contributed by atoms with van der Waals surface area (Å²) < 4.78 is 23.6. The minimum atomic E-state index is -3.25. The lowest BCUT2D eigenvalue weighted by molar-refractivity contribution is 0.206. The summed E-state index contributed by atoms with van der Waals surface area (Å²) in [5.74, 6) is 0. The fourth-order valence-corrected chi connectivity index (χ4v) is 3.70. The summed E-state index contributed by atoms with van der Waals surface area (Å²) >= 11 is 0. The first-order valence-electron chi connectivity index (χ1n) is 8.23. The molecule has 2 aromatic carbocycles. The van der Waals surface area contributed by atoms with E-state index in [9.17, 15) is 13.2 Å². The van der Waals surface area contributed by atoms with Crippen molar-refractivity contribution in [2.45, 2.75) is 30.8 Å². The van der Waals surface area contributed by atoms with Crippen LogP contribution in [0, 0.1) is 0 Å². The molecule has 0 aliphatic carbocycles. The summed E-state index contributed by atoms with van der Waals surface area (Å²) in [6.07, 6.45) is 1.21. The maximum atomic E-state index is 12.1. The molecular formula is C19H22N2O3S. The number of benzene rings is 2. The van der Waals surface area contributed by atoms with Crippen molar-refractivity contribution in [2.75, 3.05) is 12.8 Å². The average molecular weight is 358 g/mol. The zero-order chi connectivity index (χ0) is 18.2. The van der Waals surface area contributed by atoms with Gasteiger partial charge in [-0.2, -0.15) is 0 Å². The molecule has 1 atom stereocenters. The molecule has 5 nitrogen and oxygen atoms in total. The highest BCUT2D eigenvalue weighted by Crippen LogP contribution is 2.28. The zero-order valence-electron chi connectivity index (χ0n) is 14.6. The lowest BCUT2D eigenvalue weighted by Gasteiger charge is -2.19. The van der Waals surface area contributed by atoms with Crippen LogP contribution in [0.4, 0.5) is 4.79 Å². The predicted molar refractivity (Wildman–Crippen MR) is 98.1 cm³/mol. The molecule has 1 saturated heterocycles. The molecule has 1 aliphatic heterocycles. The smallest absolute Gasteiger partial charge is 0.318 e. The largest absolute Gasteiger partial charge is 0.329 e. The van der Waals surface area contributed by atoms with Crippen molar-refractivity contribution in [1.82, 2.24) is 10.2 Å². The van der Waals surface area contributed by atoms with Gasteiger partial charge in [-0.25, -0.2) is 13.2 Å². The molecule has 1 fully saturated rings. The topological polar surface area (TPSA) is 66.5 Å². The fourth-order valence-electron chi connectivity index (χ4n) is 3.03. The van der Waals surface area contributed by atoms with Gasteiger partial charge in [-0.1, -0.05) is 30.3 Å². The van der Waals surface area contributed by atoms with Crippen LogP contribution in [0.15, 0.2) is 53.4 Å². The van der Waals surface area contributed by atoms with Gasteiger partial charge in [0.05, 0.1) is 10.9 Å². The number of carbonyl (C=O) groups excluding carboxylic acids is 1. The van der Waals surface area contributed by atoms with E-state index in [0.29, 0.717) is 11.4 Å². The SMILES string of the molecule is CC(C)N1CC(c2cccc(-c3cccc(S(C)(=O)=O)c3)c2)NC1=O. The molecule has 0 aromatic heterocycles. The first-order valence-corrected chi connectivity index (χ1v) is 10.1. The molecule has 2 amide bonds. The van der Waals surface area contributed by atoms with Crippen molar-refractivity contribution in [1.29, 1.82) is 0 Å². The number of nitrogens with zero attached hydrogens (tertiary/aromatic N) is 1. The lowest BCUT2D eigenvalue weighted by Crippen LogP contribution is -2.33. The van der Waals surface area contributed by atoms with E-state index in [0.717, 1.165) is 16.7 Å². The molecule has 3 rings (SSSR count). The van der Waals surface area contributed by atoms with E-state index in [1.54, 1.807) is 18.2 Å². The van der Waals surface area contributed by atoms with Gasteiger partial charge < -0.3 is 10.2 Å². The highest BCUT2D eigenvalue weighted by molar-refractivity contribution is 7.90. The summed E-state index contributed by atoms with van der Waals surface area (Å²) in [6, 6.07) is 14.8. The molecule has 0 spiro atoms. The lowest BCUT2D eigenvalue weighted by atomic mass is 9.99. The number of sulfone groups is 1. The molecule has 0 bridgehead atoms. The number of hydrogen-bond acceptors (Lipinski definition) is 3. The average Bonchev–Trinajstić information content (AvgIpc) is 2.96. The third-order valence-corrected chi connectivity index (χ3v) is 5.56. The van der Waals surface area contributed by atoms with Gasteiger partial charge in [0.1, 0.15) is 0 Å². The van der Waals surface area contributed by atoms with E-state index in [-0.39, 0.29) is 18.1 Å². The Morgan fingerprint density at radius 2 is 1.72 bits per heavy atom. The van der Waals surface area contributed by atoms with Crippen LogP contribution < -0.4 is 5.32 Å². The van der Waals surface area contributed by atoms with E-state index in [1.807, 2.05) is 49.1 Å². The molecule has 1 aliphatic rings. The van der Waals surface area contributed by atoms with E-state index >= 15 is 0 Å². The molecule has 1 N–H and O–H groups in total. The van der Waals surface area contributed by atoms with Gasteiger partial charge in [-0.3, -0.25) is 0 Å². The fraction of sp³-hybridized carbons (Fsp3) is 0.316. The van der Waals surface area contributed by atoms with Crippen LogP contribution in [-0.2, 0) is 9.84 Å². The molecular weight excluding hydrogens is 336 g/mol. The molecule has 1 unspecified atom stereocenters.